The highest BCUT2D eigenvalue weighted by Gasteiger charge is 2.28. The molecule has 0 radical (unpaired) electrons. The summed E-state index contributed by atoms with van der Waals surface area (Å²) in [5.74, 6) is 0.569. The van der Waals surface area contributed by atoms with Crippen LogP contribution < -0.4 is 14.8 Å². The average molecular weight is 531 g/mol. The van der Waals surface area contributed by atoms with Gasteiger partial charge in [-0.1, -0.05) is 12.1 Å². The van der Waals surface area contributed by atoms with Crippen LogP contribution in [0.1, 0.15) is 44.7 Å². The molecule has 2 aromatic heterocycles. The number of ether oxygens (including phenoxy) is 1. The van der Waals surface area contributed by atoms with Crippen molar-refractivity contribution in [1.82, 2.24) is 19.3 Å². The number of carbonyl (C=O) groups is 1. The summed E-state index contributed by atoms with van der Waals surface area (Å²) in [5.41, 5.74) is 3.46. The van der Waals surface area contributed by atoms with Crippen LogP contribution in [0.15, 0.2) is 60.9 Å². The molecule has 2 heterocycles. The number of fused-ring (bicyclic) bond motifs is 1. The van der Waals surface area contributed by atoms with E-state index in [1.165, 1.54) is 13.8 Å². The van der Waals surface area contributed by atoms with Crippen molar-refractivity contribution in [2.45, 2.75) is 44.4 Å². The first-order valence-corrected chi connectivity index (χ1v) is 13.8. The normalized spacial score (nSPS) is 13.6. The number of nitrogens with zero attached hydrogens (tertiary/aromatic N) is 4. The van der Waals surface area contributed by atoms with Crippen LogP contribution in [0.5, 0.6) is 11.8 Å². The fourth-order valence-electron chi connectivity index (χ4n) is 4.33. The zero-order valence-corrected chi connectivity index (χ0v) is 21.7. The second-order valence-corrected chi connectivity index (χ2v) is 11.6. The maximum Gasteiger partial charge on any atom is 0.332 e. The van der Waals surface area contributed by atoms with Crippen LogP contribution in [-0.2, 0) is 10.0 Å². The molecule has 0 atom stereocenters. The van der Waals surface area contributed by atoms with E-state index in [0.29, 0.717) is 17.0 Å². The van der Waals surface area contributed by atoms with Crippen molar-refractivity contribution in [1.29, 1.82) is 5.26 Å². The van der Waals surface area contributed by atoms with Gasteiger partial charge in [-0.05, 0) is 69.0 Å². The Morgan fingerprint density at radius 3 is 2.45 bits per heavy atom. The van der Waals surface area contributed by atoms with Crippen LogP contribution in [0.3, 0.4) is 0 Å². The first-order chi connectivity index (χ1) is 18.3. The van der Waals surface area contributed by atoms with E-state index in [1.54, 1.807) is 36.7 Å². The van der Waals surface area contributed by atoms with Crippen LogP contribution in [0.2, 0.25) is 0 Å². The Bertz CT molecular complexity index is 1640. The van der Waals surface area contributed by atoms with Gasteiger partial charge >= 0.3 is 12.0 Å². The molecule has 0 bridgehead atoms. The van der Waals surface area contributed by atoms with Crippen molar-refractivity contribution in [3.63, 3.8) is 0 Å². The van der Waals surface area contributed by atoms with E-state index in [4.69, 9.17) is 4.74 Å². The fraction of sp³-hybridized carbons (Fsp3) is 0.259. The Hall–Kier alpha value is -4.43. The molecular weight excluding hydrogens is 504 g/mol. The maximum absolute atomic E-state index is 12.2. The summed E-state index contributed by atoms with van der Waals surface area (Å²) in [7, 11) is -3.75. The number of aromatic nitrogens is 3. The number of amides is 2. The van der Waals surface area contributed by atoms with E-state index >= 15 is 0 Å². The molecule has 5 rings (SSSR count). The SMILES string of the molecule is CC(C)S(=O)(=O)NC(=O)Nc1ccc(-c2c(C#N)c3ccc(Oc4ncccn4)cc3n2C2CCC2)cc1. The summed E-state index contributed by atoms with van der Waals surface area (Å²) in [6.45, 7) is 2.98. The van der Waals surface area contributed by atoms with Gasteiger partial charge in [0.2, 0.25) is 10.0 Å². The topological polar surface area (TPSA) is 139 Å². The Morgan fingerprint density at radius 2 is 1.84 bits per heavy atom. The number of sulfonamides is 1. The summed E-state index contributed by atoms with van der Waals surface area (Å²) in [5, 5.41) is 12.8. The van der Waals surface area contributed by atoms with Crippen LogP contribution in [0.25, 0.3) is 22.2 Å². The lowest BCUT2D eigenvalue weighted by Gasteiger charge is -2.30. The molecule has 1 aliphatic rings. The zero-order chi connectivity index (χ0) is 26.9. The van der Waals surface area contributed by atoms with Crippen LogP contribution in [0.4, 0.5) is 10.5 Å². The van der Waals surface area contributed by atoms with Crippen molar-refractivity contribution in [3.05, 3.63) is 66.5 Å². The molecule has 1 fully saturated rings. The molecule has 1 saturated carbocycles. The molecule has 0 spiro atoms. The van der Waals surface area contributed by atoms with Crippen LogP contribution >= 0.6 is 0 Å². The van der Waals surface area contributed by atoms with Gasteiger partial charge in [-0.2, -0.15) is 5.26 Å². The molecule has 2 amide bonds. The van der Waals surface area contributed by atoms with Crippen molar-refractivity contribution >= 4 is 32.6 Å². The minimum absolute atomic E-state index is 0.239. The number of hydrogen-bond donors (Lipinski definition) is 2. The van der Waals surface area contributed by atoms with Crippen molar-refractivity contribution in [3.8, 4) is 29.1 Å². The fourth-order valence-corrected chi connectivity index (χ4v) is 4.88. The van der Waals surface area contributed by atoms with Gasteiger partial charge in [-0.3, -0.25) is 0 Å². The minimum Gasteiger partial charge on any atom is -0.424 e. The maximum atomic E-state index is 12.2. The van der Waals surface area contributed by atoms with E-state index in [-0.39, 0.29) is 12.1 Å². The Morgan fingerprint density at radius 1 is 1.13 bits per heavy atom. The first-order valence-electron chi connectivity index (χ1n) is 12.2. The van der Waals surface area contributed by atoms with Gasteiger partial charge in [0.25, 0.3) is 0 Å². The lowest BCUT2D eigenvalue weighted by Crippen LogP contribution is -2.38. The molecule has 0 aliphatic heterocycles. The van der Waals surface area contributed by atoms with Gasteiger partial charge in [0.05, 0.1) is 22.0 Å². The van der Waals surface area contributed by atoms with Gasteiger partial charge in [0.1, 0.15) is 11.8 Å². The van der Waals surface area contributed by atoms with Crippen LogP contribution in [-0.4, -0.2) is 34.2 Å². The summed E-state index contributed by atoms with van der Waals surface area (Å²) in [4.78, 5) is 20.4. The third kappa shape index (κ3) is 4.90. The lowest BCUT2D eigenvalue weighted by molar-refractivity contribution is 0.256. The standard InChI is InChI=1S/C27H26N6O4S/c1-17(2)38(35,36)32-26(34)31-19-9-7-18(8-10-19)25-23(16-28)22-12-11-21(37-27-29-13-4-14-30-27)15-24(22)33(25)20-5-3-6-20/h4,7-15,17,20H,3,5-6H2,1-2H3,(H2,31,32,34). The number of rotatable bonds is 7. The molecule has 11 heteroatoms. The van der Waals surface area contributed by atoms with Gasteiger partial charge < -0.3 is 14.6 Å². The van der Waals surface area contributed by atoms with E-state index < -0.39 is 21.3 Å². The molecule has 38 heavy (non-hydrogen) atoms. The predicted octanol–water partition coefficient (Wildman–Crippen LogP) is 5.35. The van der Waals surface area contributed by atoms with Gasteiger partial charge in [0, 0.05) is 35.6 Å². The van der Waals surface area contributed by atoms with Gasteiger partial charge in [0.15, 0.2) is 0 Å². The highest BCUT2D eigenvalue weighted by Crippen LogP contribution is 2.43. The Kier molecular flexibility index (Phi) is 6.73. The van der Waals surface area contributed by atoms with E-state index in [0.717, 1.165) is 41.4 Å². The smallest absolute Gasteiger partial charge is 0.332 e. The molecule has 10 nitrogen and oxygen atoms in total. The molecule has 0 unspecified atom stereocenters. The molecule has 4 aromatic rings. The molecule has 2 aromatic carbocycles. The Labute approximate surface area is 220 Å². The van der Waals surface area contributed by atoms with Crippen molar-refractivity contribution < 1.29 is 17.9 Å². The lowest BCUT2D eigenvalue weighted by atomic mass is 9.92. The van der Waals surface area contributed by atoms with Crippen molar-refractivity contribution in [2.24, 2.45) is 0 Å². The predicted molar refractivity (Wildman–Crippen MR) is 143 cm³/mol. The minimum atomic E-state index is -3.75. The number of urea groups is 1. The van der Waals surface area contributed by atoms with Gasteiger partial charge in [-0.25, -0.2) is 27.9 Å². The second kappa shape index (κ2) is 10.1. The van der Waals surface area contributed by atoms with E-state index in [9.17, 15) is 18.5 Å². The highest BCUT2D eigenvalue weighted by atomic mass is 32.2. The number of anilines is 1. The number of nitriles is 1. The second-order valence-electron chi connectivity index (χ2n) is 9.33. The molecule has 194 valence electrons. The first kappa shape index (κ1) is 25.2. The van der Waals surface area contributed by atoms with Crippen molar-refractivity contribution in [2.75, 3.05) is 5.32 Å². The third-order valence-electron chi connectivity index (χ3n) is 6.55. The summed E-state index contributed by atoms with van der Waals surface area (Å²) in [6.07, 6.45) is 6.32. The Balaban J connectivity index is 1.50. The number of benzene rings is 2. The number of carbonyl (C=O) groups excluding carboxylic acids is 1. The highest BCUT2D eigenvalue weighted by molar-refractivity contribution is 7.90. The zero-order valence-electron chi connectivity index (χ0n) is 20.9. The third-order valence-corrected chi connectivity index (χ3v) is 8.26. The van der Waals surface area contributed by atoms with E-state index in [2.05, 4.69) is 25.9 Å². The number of hydrogen-bond acceptors (Lipinski definition) is 7. The van der Waals surface area contributed by atoms with E-state index in [1.807, 2.05) is 29.0 Å². The molecule has 0 saturated heterocycles. The average Bonchev–Trinajstić information content (AvgIpc) is 3.17. The molecule has 1 aliphatic carbocycles. The number of nitrogens with one attached hydrogen (secondary N) is 2. The molecular formula is C27H26N6O4S. The summed E-state index contributed by atoms with van der Waals surface area (Å²) < 4.78 is 34.0. The largest absolute Gasteiger partial charge is 0.424 e. The van der Waals surface area contributed by atoms with Crippen LogP contribution in [0, 0.1) is 11.3 Å². The van der Waals surface area contributed by atoms with Gasteiger partial charge in [-0.15, -0.1) is 0 Å². The monoisotopic (exact) mass is 530 g/mol. The quantitative estimate of drug-likeness (QED) is 0.328. The summed E-state index contributed by atoms with van der Waals surface area (Å²) >= 11 is 0. The molecule has 2 N–H and O–H groups in total. The summed E-state index contributed by atoms with van der Waals surface area (Å²) in [6, 6.07) is 16.3.